The molecular formula is C13H20O. The van der Waals surface area contributed by atoms with Gasteiger partial charge in [0.1, 0.15) is 5.75 Å². The van der Waals surface area contributed by atoms with Crippen molar-refractivity contribution < 1.29 is 4.74 Å². The van der Waals surface area contributed by atoms with Gasteiger partial charge in [-0.25, -0.2) is 0 Å². The van der Waals surface area contributed by atoms with Crippen LogP contribution < -0.4 is 4.74 Å². The summed E-state index contributed by atoms with van der Waals surface area (Å²) in [5.41, 5.74) is 2.72. The highest BCUT2D eigenvalue weighted by atomic mass is 16.5. The lowest BCUT2D eigenvalue weighted by Crippen LogP contribution is -2.17. The fourth-order valence-corrected chi connectivity index (χ4v) is 1.26. The zero-order valence-corrected chi connectivity index (χ0v) is 9.85. The summed E-state index contributed by atoms with van der Waals surface area (Å²) in [6.07, 6.45) is 0. The second-order valence-electron chi connectivity index (χ2n) is 5.12. The van der Waals surface area contributed by atoms with E-state index in [1.165, 1.54) is 11.1 Å². The fourth-order valence-electron chi connectivity index (χ4n) is 1.26. The third kappa shape index (κ3) is 3.41. The molecule has 0 atom stereocenters. The maximum absolute atomic E-state index is 5.76. The molecule has 0 unspecified atom stereocenters. The van der Waals surface area contributed by atoms with E-state index in [0.717, 1.165) is 12.4 Å². The lowest BCUT2D eigenvalue weighted by Gasteiger charge is -2.19. The average Bonchev–Trinajstić information content (AvgIpc) is 2.00. The maximum atomic E-state index is 5.76. The van der Waals surface area contributed by atoms with Crippen LogP contribution in [0.5, 0.6) is 5.75 Å². The third-order valence-corrected chi connectivity index (χ3v) is 1.99. The molecule has 1 heteroatoms. The van der Waals surface area contributed by atoms with Crippen molar-refractivity contribution in [1.82, 2.24) is 0 Å². The quantitative estimate of drug-likeness (QED) is 0.693. The van der Waals surface area contributed by atoms with Gasteiger partial charge in [-0.1, -0.05) is 38.5 Å². The summed E-state index contributed by atoms with van der Waals surface area (Å²) in [6.45, 7) is 11.5. The van der Waals surface area contributed by atoms with Crippen LogP contribution in [0.4, 0.5) is 0 Å². The van der Waals surface area contributed by atoms with Gasteiger partial charge in [0.05, 0.1) is 6.61 Å². The van der Waals surface area contributed by atoms with Crippen LogP contribution in [0.2, 0.25) is 0 Å². The molecule has 0 bridgehead atoms. The minimum atomic E-state index is 0.220. The van der Waals surface area contributed by atoms with Crippen LogP contribution in [0.15, 0.2) is 18.2 Å². The first-order valence-corrected chi connectivity index (χ1v) is 5.08. The highest BCUT2D eigenvalue weighted by molar-refractivity contribution is 5.35. The van der Waals surface area contributed by atoms with Crippen molar-refractivity contribution in [3.63, 3.8) is 0 Å². The van der Waals surface area contributed by atoms with Crippen LogP contribution in [0.1, 0.15) is 31.9 Å². The molecule has 0 fully saturated rings. The molecule has 0 saturated carbocycles. The summed E-state index contributed by atoms with van der Waals surface area (Å²) in [7, 11) is 0. The summed E-state index contributed by atoms with van der Waals surface area (Å²) >= 11 is 0. The van der Waals surface area contributed by atoms with E-state index in [2.05, 4.69) is 52.8 Å². The van der Waals surface area contributed by atoms with E-state index in [4.69, 9.17) is 4.74 Å². The number of benzene rings is 1. The minimum absolute atomic E-state index is 0.220. The summed E-state index contributed by atoms with van der Waals surface area (Å²) < 4.78 is 5.76. The second-order valence-corrected chi connectivity index (χ2v) is 5.12. The van der Waals surface area contributed by atoms with Crippen molar-refractivity contribution in [3.05, 3.63) is 29.3 Å². The van der Waals surface area contributed by atoms with Crippen molar-refractivity contribution in [3.8, 4) is 5.75 Å². The molecule has 1 rings (SSSR count). The van der Waals surface area contributed by atoms with Crippen molar-refractivity contribution in [2.75, 3.05) is 6.61 Å². The lowest BCUT2D eigenvalue weighted by molar-refractivity contribution is 0.197. The number of rotatable bonds is 2. The van der Waals surface area contributed by atoms with Crippen molar-refractivity contribution in [2.24, 2.45) is 5.41 Å². The van der Waals surface area contributed by atoms with Crippen LogP contribution in [0, 0.1) is 19.3 Å². The Bertz CT molecular complexity index is 308. The lowest BCUT2D eigenvalue weighted by atomic mass is 9.98. The molecule has 78 valence electrons. The van der Waals surface area contributed by atoms with E-state index in [-0.39, 0.29) is 5.41 Å². The third-order valence-electron chi connectivity index (χ3n) is 1.99. The van der Waals surface area contributed by atoms with Crippen LogP contribution in [0.3, 0.4) is 0 Å². The highest BCUT2D eigenvalue weighted by Crippen LogP contribution is 2.22. The maximum Gasteiger partial charge on any atom is 0.122 e. The molecule has 0 aliphatic carbocycles. The van der Waals surface area contributed by atoms with Gasteiger partial charge in [-0.3, -0.25) is 0 Å². The zero-order chi connectivity index (χ0) is 10.8. The first-order valence-electron chi connectivity index (χ1n) is 5.08. The molecule has 0 aliphatic heterocycles. The van der Waals surface area contributed by atoms with Gasteiger partial charge in [0.2, 0.25) is 0 Å². The Morgan fingerprint density at radius 2 is 1.79 bits per heavy atom. The minimum Gasteiger partial charge on any atom is -0.493 e. The Kier molecular flexibility index (Phi) is 3.20. The SMILES string of the molecule is Cc1ccc(OCC(C)(C)C)c(C)c1. The van der Waals surface area contributed by atoms with Gasteiger partial charge in [-0.2, -0.15) is 0 Å². The first kappa shape index (κ1) is 11.1. The monoisotopic (exact) mass is 192 g/mol. The highest BCUT2D eigenvalue weighted by Gasteiger charge is 2.11. The van der Waals surface area contributed by atoms with Gasteiger partial charge in [0, 0.05) is 0 Å². The second kappa shape index (κ2) is 4.04. The van der Waals surface area contributed by atoms with E-state index in [1.54, 1.807) is 0 Å². The van der Waals surface area contributed by atoms with Gasteiger partial charge in [0.25, 0.3) is 0 Å². The largest absolute Gasteiger partial charge is 0.493 e. The van der Waals surface area contributed by atoms with Crippen molar-refractivity contribution in [1.29, 1.82) is 0 Å². The topological polar surface area (TPSA) is 9.23 Å². The van der Waals surface area contributed by atoms with Crippen LogP contribution in [-0.2, 0) is 0 Å². The van der Waals surface area contributed by atoms with E-state index < -0.39 is 0 Å². The molecule has 0 radical (unpaired) electrons. The van der Waals surface area contributed by atoms with Gasteiger partial charge >= 0.3 is 0 Å². The Hall–Kier alpha value is -0.980. The molecule has 0 saturated heterocycles. The fraction of sp³-hybridized carbons (Fsp3) is 0.538. The smallest absolute Gasteiger partial charge is 0.122 e. The standard InChI is InChI=1S/C13H20O/c1-10-6-7-12(11(2)8-10)14-9-13(3,4)5/h6-8H,9H2,1-5H3. The Labute approximate surface area is 87.1 Å². The number of aryl methyl sites for hydroxylation is 2. The first-order chi connectivity index (χ1) is 6.38. The summed E-state index contributed by atoms with van der Waals surface area (Å²) in [5.74, 6) is 1.01. The van der Waals surface area contributed by atoms with E-state index >= 15 is 0 Å². The molecule has 0 N–H and O–H groups in total. The van der Waals surface area contributed by atoms with Crippen molar-refractivity contribution >= 4 is 0 Å². The van der Waals surface area contributed by atoms with Gasteiger partial charge in [-0.15, -0.1) is 0 Å². The van der Waals surface area contributed by atoms with Crippen LogP contribution in [-0.4, -0.2) is 6.61 Å². The van der Waals surface area contributed by atoms with Crippen molar-refractivity contribution in [2.45, 2.75) is 34.6 Å². The number of hydrogen-bond donors (Lipinski definition) is 0. The Balaban J connectivity index is 2.68. The number of hydrogen-bond acceptors (Lipinski definition) is 1. The molecule has 1 aromatic rings. The Morgan fingerprint density at radius 3 is 2.29 bits per heavy atom. The van der Waals surface area contributed by atoms with E-state index in [1.807, 2.05) is 0 Å². The van der Waals surface area contributed by atoms with Gasteiger partial charge in [-0.05, 0) is 30.9 Å². The molecule has 0 heterocycles. The van der Waals surface area contributed by atoms with Gasteiger partial charge in [0.15, 0.2) is 0 Å². The normalized spacial score (nSPS) is 11.5. The molecule has 1 aromatic carbocycles. The summed E-state index contributed by atoms with van der Waals surface area (Å²) in [5, 5.41) is 0. The molecule has 14 heavy (non-hydrogen) atoms. The summed E-state index contributed by atoms with van der Waals surface area (Å²) in [6, 6.07) is 6.29. The summed E-state index contributed by atoms with van der Waals surface area (Å²) in [4.78, 5) is 0. The number of ether oxygens (including phenoxy) is 1. The zero-order valence-electron chi connectivity index (χ0n) is 9.85. The predicted molar refractivity (Wildman–Crippen MR) is 60.9 cm³/mol. The van der Waals surface area contributed by atoms with E-state index in [9.17, 15) is 0 Å². The molecule has 0 amide bonds. The van der Waals surface area contributed by atoms with Gasteiger partial charge < -0.3 is 4.74 Å². The molecular weight excluding hydrogens is 172 g/mol. The predicted octanol–water partition coefficient (Wildman–Crippen LogP) is 3.73. The molecule has 1 nitrogen and oxygen atoms in total. The van der Waals surface area contributed by atoms with Crippen LogP contribution in [0.25, 0.3) is 0 Å². The molecule has 0 aromatic heterocycles. The van der Waals surface area contributed by atoms with E-state index in [0.29, 0.717) is 0 Å². The Morgan fingerprint density at radius 1 is 1.14 bits per heavy atom. The molecule has 0 aliphatic rings. The average molecular weight is 192 g/mol. The molecule has 0 spiro atoms. The van der Waals surface area contributed by atoms with Crippen LogP contribution >= 0.6 is 0 Å².